The molecule has 2 heterocycles. The van der Waals surface area contributed by atoms with E-state index in [9.17, 15) is 9.90 Å². The number of hydrogen-bond donors (Lipinski definition) is 1. The zero-order valence-corrected chi connectivity index (χ0v) is 10.2. The Morgan fingerprint density at radius 3 is 2.88 bits per heavy atom. The Morgan fingerprint density at radius 2 is 2.24 bits per heavy atom. The summed E-state index contributed by atoms with van der Waals surface area (Å²) in [6.45, 7) is 4.39. The second kappa shape index (κ2) is 4.31. The standard InChI is InChI=1S/C12H17N3O2/c1-9-7-10(14-8-13-9)15-6-4-3-5-12(15,2)11(16)17/h7-8H,3-6H2,1-2H3,(H,16,17). The Bertz CT molecular complexity index is 436. The molecule has 1 aliphatic rings. The van der Waals surface area contributed by atoms with E-state index < -0.39 is 11.5 Å². The van der Waals surface area contributed by atoms with E-state index in [0.29, 0.717) is 12.2 Å². The predicted molar refractivity (Wildman–Crippen MR) is 64.0 cm³/mol. The molecule has 0 radical (unpaired) electrons. The van der Waals surface area contributed by atoms with E-state index in [0.717, 1.165) is 25.1 Å². The summed E-state index contributed by atoms with van der Waals surface area (Å²) in [7, 11) is 0. The van der Waals surface area contributed by atoms with Crippen LogP contribution in [0.15, 0.2) is 12.4 Å². The van der Waals surface area contributed by atoms with E-state index in [4.69, 9.17) is 0 Å². The lowest BCUT2D eigenvalue weighted by atomic mass is 9.88. The maximum absolute atomic E-state index is 11.5. The van der Waals surface area contributed by atoms with E-state index in [1.807, 2.05) is 17.9 Å². The van der Waals surface area contributed by atoms with Gasteiger partial charge in [0.05, 0.1) is 0 Å². The lowest BCUT2D eigenvalue weighted by Crippen LogP contribution is -2.55. The van der Waals surface area contributed by atoms with Crippen LogP contribution >= 0.6 is 0 Å². The third-order valence-corrected chi connectivity index (χ3v) is 3.42. The second-order valence-electron chi connectivity index (χ2n) is 4.71. The van der Waals surface area contributed by atoms with Crippen molar-refractivity contribution in [3.8, 4) is 0 Å². The Labute approximate surface area is 100 Å². The minimum absolute atomic E-state index is 0.658. The average Bonchev–Trinajstić information content (AvgIpc) is 2.29. The number of aryl methyl sites for hydroxylation is 1. The van der Waals surface area contributed by atoms with Crippen molar-refractivity contribution in [3.05, 3.63) is 18.1 Å². The number of nitrogens with zero attached hydrogens (tertiary/aromatic N) is 3. The van der Waals surface area contributed by atoms with Crippen LogP contribution in [0.3, 0.4) is 0 Å². The zero-order chi connectivity index (χ0) is 12.5. The fraction of sp³-hybridized carbons (Fsp3) is 0.583. The zero-order valence-electron chi connectivity index (χ0n) is 10.2. The minimum Gasteiger partial charge on any atom is -0.480 e. The molecule has 1 atom stereocenters. The van der Waals surface area contributed by atoms with E-state index in [-0.39, 0.29) is 0 Å². The van der Waals surface area contributed by atoms with Gasteiger partial charge in [-0.1, -0.05) is 0 Å². The number of carboxylic acid groups (broad SMARTS) is 1. The highest BCUT2D eigenvalue weighted by Gasteiger charge is 2.42. The monoisotopic (exact) mass is 235 g/mol. The number of carboxylic acids is 1. The van der Waals surface area contributed by atoms with Crippen molar-refractivity contribution in [1.82, 2.24) is 9.97 Å². The maximum atomic E-state index is 11.5. The molecule has 0 spiro atoms. The van der Waals surface area contributed by atoms with Gasteiger partial charge in [0.15, 0.2) is 0 Å². The Balaban J connectivity index is 2.37. The first kappa shape index (κ1) is 11.8. The lowest BCUT2D eigenvalue weighted by molar-refractivity contribution is -0.143. The molecule has 0 aliphatic carbocycles. The van der Waals surface area contributed by atoms with Crippen molar-refractivity contribution in [3.63, 3.8) is 0 Å². The number of hydrogen-bond acceptors (Lipinski definition) is 4. The first-order chi connectivity index (χ1) is 8.04. The largest absolute Gasteiger partial charge is 0.480 e. The number of carbonyl (C=O) groups is 1. The second-order valence-corrected chi connectivity index (χ2v) is 4.71. The van der Waals surface area contributed by atoms with Crippen LogP contribution in [0, 0.1) is 6.92 Å². The van der Waals surface area contributed by atoms with Crippen molar-refractivity contribution >= 4 is 11.8 Å². The molecular formula is C12H17N3O2. The van der Waals surface area contributed by atoms with Crippen LogP contribution in [0.4, 0.5) is 5.82 Å². The van der Waals surface area contributed by atoms with Crippen molar-refractivity contribution < 1.29 is 9.90 Å². The van der Waals surface area contributed by atoms with E-state index in [2.05, 4.69) is 9.97 Å². The van der Waals surface area contributed by atoms with Gasteiger partial charge in [0.2, 0.25) is 0 Å². The average molecular weight is 235 g/mol. The predicted octanol–water partition coefficient (Wildman–Crippen LogP) is 1.62. The van der Waals surface area contributed by atoms with Gasteiger partial charge in [-0.05, 0) is 33.1 Å². The molecule has 1 saturated heterocycles. The van der Waals surface area contributed by atoms with Crippen LogP contribution in [0.2, 0.25) is 0 Å². The van der Waals surface area contributed by atoms with Gasteiger partial charge in [-0.2, -0.15) is 0 Å². The molecule has 1 N–H and O–H groups in total. The summed E-state index contributed by atoms with van der Waals surface area (Å²) in [5.41, 5.74) is 0.00675. The molecule has 92 valence electrons. The van der Waals surface area contributed by atoms with Crippen LogP contribution in [-0.2, 0) is 4.79 Å². The molecule has 17 heavy (non-hydrogen) atoms. The molecule has 0 aromatic carbocycles. The fourth-order valence-electron chi connectivity index (χ4n) is 2.30. The molecule has 1 fully saturated rings. The molecule has 0 bridgehead atoms. The van der Waals surface area contributed by atoms with Crippen LogP contribution in [0.25, 0.3) is 0 Å². The first-order valence-corrected chi connectivity index (χ1v) is 5.84. The number of aliphatic carboxylic acids is 1. The highest BCUT2D eigenvalue weighted by atomic mass is 16.4. The number of rotatable bonds is 2. The van der Waals surface area contributed by atoms with E-state index in [1.165, 1.54) is 6.33 Å². The third kappa shape index (κ3) is 2.09. The number of aromatic nitrogens is 2. The molecule has 2 rings (SSSR count). The summed E-state index contributed by atoms with van der Waals surface area (Å²) >= 11 is 0. The van der Waals surface area contributed by atoms with Crippen molar-refractivity contribution in [2.24, 2.45) is 0 Å². The van der Waals surface area contributed by atoms with Crippen LogP contribution < -0.4 is 4.90 Å². The van der Waals surface area contributed by atoms with Crippen LogP contribution in [-0.4, -0.2) is 33.1 Å². The van der Waals surface area contributed by atoms with E-state index >= 15 is 0 Å². The summed E-state index contributed by atoms with van der Waals surface area (Å²) in [6, 6.07) is 1.84. The topological polar surface area (TPSA) is 66.3 Å². The highest BCUT2D eigenvalue weighted by molar-refractivity contribution is 5.83. The van der Waals surface area contributed by atoms with Crippen LogP contribution in [0.5, 0.6) is 0 Å². The summed E-state index contributed by atoms with van der Waals surface area (Å²) in [6.07, 6.45) is 4.10. The summed E-state index contributed by atoms with van der Waals surface area (Å²) in [5.74, 6) is -0.0736. The van der Waals surface area contributed by atoms with Gasteiger partial charge in [0.25, 0.3) is 0 Å². The lowest BCUT2D eigenvalue weighted by Gasteiger charge is -2.42. The Morgan fingerprint density at radius 1 is 1.47 bits per heavy atom. The molecule has 0 saturated carbocycles. The van der Waals surface area contributed by atoms with Gasteiger partial charge >= 0.3 is 5.97 Å². The number of anilines is 1. The van der Waals surface area contributed by atoms with Gasteiger partial charge in [-0.25, -0.2) is 14.8 Å². The molecule has 5 nitrogen and oxygen atoms in total. The molecule has 5 heteroatoms. The van der Waals surface area contributed by atoms with Gasteiger partial charge in [-0.3, -0.25) is 0 Å². The van der Waals surface area contributed by atoms with Crippen molar-refractivity contribution in [2.45, 2.75) is 38.6 Å². The summed E-state index contributed by atoms with van der Waals surface area (Å²) < 4.78 is 0. The third-order valence-electron chi connectivity index (χ3n) is 3.42. The van der Waals surface area contributed by atoms with Gasteiger partial charge in [0, 0.05) is 18.3 Å². The molecule has 1 unspecified atom stereocenters. The van der Waals surface area contributed by atoms with Gasteiger partial charge in [0.1, 0.15) is 17.7 Å². The summed E-state index contributed by atoms with van der Waals surface area (Å²) in [5, 5.41) is 9.41. The fourth-order valence-corrected chi connectivity index (χ4v) is 2.30. The maximum Gasteiger partial charge on any atom is 0.329 e. The van der Waals surface area contributed by atoms with Crippen LogP contribution in [0.1, 0.15) is 31.9 Å². The highest BCUT2D eigenvalue weighted by Crippen LogP contribution is 2.31. The molecule has 1 aliphatic heterocycles. The minimum atomic E-state index is -0.848. The Hall–Kier alpha value is -1.65. The van der Waals surface area contributed by atoms with Gasteiger partial charge in [-0.15, -0.1) is 0 Å². The SMILES string of the molecule is Cc1cc(N2CCCCC2(C)C(=O)O)ncn1. The molecule has 1 aromatic heterocycles. The van der Waals surface area contributed by atoms with Crippen molar-refractivity contribution in [2.75, 3.05) is 11.4 Å². The quantitative estimate of drug-likeness (QED) is 0.843. The van der Waals surface area contributed by atoms with Crippen molar-refractivity contribution in [1.29, 1.82) is 0 Å². The van der Waals surface area contributed by atoms with Gasteiger partial charge < -0.3 is 10.0 Å². The first-order valence-electron chi connectivity index (χ1n) is 5.84. The Kier molecular flexibility index (Phi) is 3.00. The normalized spacial score (nSPS) is 24.7. The van der Waals surface area contributed by atoms with E-state index in [1.54, 1.807) is 6.92 Å². The number of piperidine rings is 1. The molecule has 1 aromatic rings. The smallest absolute Gasteiger partial charge is 0.329 e. The summed E-state index contributed by atoms with van der Waals surface area (Å²) in [4.78, 5) is 21.6. The molecular weight excluding hydrogens is 218 g/mol. The molecule has 0 amide bonds.